The third-order valence-electron chi connectivity index (χ3n) is 6.83. The fourth-order valence-corrected chi connectivity index (χ4v) is 5.98. The molecule has 2 saturated heterocycles. The number of fused-ring (bicyclic) bond motifs is 2. The van der Waals surface area contributed by atoms with Crippen molar-refractivity contribution >= 4 is 29.9 Å². The number of nitrogens with one attached hydrogen (secondary N) is 1. The number of piperazine rings is 1. The lowest BCUT2D eigenvalue weighted by Gasteiger charge is -2.61. The molecule has 2 atom stereocenters. The number of ether oxygens (including phenoxy) is 1. The molecule has 0 radical (unpaired) electrons. The molecule has 0 aromatic heterocycles. The Morgan fingerprint density at radius 3 is 2.81 bits per heavy atom. The van der Waals surface area contributed by atoms with Crippen LogP contribution in [0.1, 0.15) is 32.6 Å². The van der Waals surface area contributed by atoms with E-state index in [1.54, 1.807) is 0 Å². The number of likely N-dealkylation sites (tertiary alicyclic amines) is 1. The zero-order valence-electron chi connectivity index (χ0n) is 17.8. The molecule has 31 heavy (non-hydrogen) atoms. The van der Waals surface area contributed by atoms with E-state index in [2.05, 4.69) is 34.3 Å². The number of carbonyl (C=O) groups is 1. The Kier molecular flexibility index (Phi) is 5.26. The second-order valence-electron chi connectivity index (χ2n) is 8.51. The van der Waals surface area contributed by atoms with Crippen molar-refractivity contribution in [1.29, 1.82) is 5.41 Å². The Bertz CT molecular complexity index is 1060. The van der Waals surface area contributed by atoms with Gasteiger partial charge in [-0.2, -0.15) is 0 Å². The normalized spacial score (nSPS) is 22.2. The minimum atomic E-state index is -0.192. The molecule has 162 valence electrons. The number of hydrogen-bond donors (Lipinski definition) is 2. The zero-order chi connectivity index (χ0) is 21.7. The first-order chi connectivity index (χ1) is 15.0. The van der Waals surface area contributed by atoms with Gasteiger partial charge < -0.3 is 4.74 Å². The molecule has 3 aliphatic heterocycles. The Morgan fingerprint density at radius 1 is 1.26 bits per heavy atom. The van der Waals surface area contributed by atoms with Crippen molar-refractivity contribution < 1.29 is 9.53 Å². The maximum Gasteiger partial charge on any atom is 0.338 e. The summed E-state index contributed by atoms with van der Waals surface area (Å²) in [6, 6.07) is 11.5. The SMILES string of the molecule is Cc1cc(SN2CC3C2CN3CCc2ccc3c(c2C)COC3=O)ccc1N(N)C=N. The van der Waals surface area contributed by atoms with Gasteiger partial charge in [0.15, 0.2) is 0 Å². The van der Waals surface area contributed by atoms with Crippen molar-refractivity contribution in [3.8, 4) is 0 Å². The maximum atomic E-state index is 11.7. The van der Waals surface area contributed by atoms with Crippen LogP contribution in [0.2, 0.25) is 0 Å². The number of cyclic esters (lactones) is 1. The van der Waals surface area contributed by atoms with Crippen molar-refractivity contribution in [2.75, 3.05) is 24.6 Å². The Morgan fingerprint density at radius 2 is 2.10 bits per heavy atom. The molecule has 5 rings (SSSR count). The molecular weight excluding hydrogens is 410 g/mol. The highest BCUT2D eigenvalue weighted by Gasteiger charge is 2.51. The topological polar surface area (TPSA) is 85.9 Å². The molecule has 2 unspecified atom stereocenters. The minimum absolute atomic E-state index is 0.192. The summed E-state index contributed by atoms with van der Waals surface area (Å²) in [5.41, 5.74) is 6.25. The molecule has 0 saturated carbocycles. The number of carbonyl (C=O) groups excluding carboxylic acids is 1. The molecule has 3 aliphatic rings. The average Bonchev–Trinajstić information content (AvgIpc) is 3.13. The van der Waals surface area contributed by atoms with Gasteiger partial charge in [-0.3, -0.25) is 15.3 Å². The summed E-state index contributed by atoms with van der Waals surface area (Å²) in [5.74, 6) is 5.61. The van der Waals surface area contributed by atoms with Gasteiger partial charge in [0.05, 0.1) is 17.3 Å². The van der Waals surface area contributed by atoms with E-state index in [0.29, 0.717) is 18.7 Å². The lowest BCUT2D eigenvalue weighted by Crippen LogP contribution is -2.76. The van der Waals surface area contributed by atoms with Gasteiger partial charge in [-0.05, 0) is 73.2 Å². The van der Waals surface area contributed by atoms with Crippen molar-refractivity contribution in [2.24, 2.45) is 5.84 Å². The summed E-state index contributed by atoms with van der Waals surface area (Å²) in [5, 5.41) is 8.64. The number of hydrazine groups is 1. The Labute approximate surface area is 186 Å². The van der Waals surface area contributed by atoms with Gasteiger partial charge in [-0.1, -0.05) is 6.07 Å². The Balaban J connectivity index is 1.13. The molecule has 0 bridgehead atoms. The second kappa shape index (κ2) is 7.94. The number of esters is 1. The van der Waals surface area contributed by atoms with E-state index in [4.69, 9.17) is 16.0 Å². The average molecular weight is 438 g/mol. The largest absolute Gasteiger partial charge is 0.457 e. The van der Waals surface area contributed by atoms with E-state index < -0.39 is 0 Å². The van der Waals surface area contributed by atoms with E-state index in [9.17, 15) is 4.79 Å². The van der Waals surface area contributed by atoms with Crippen LogP contribution >= 0.6 is 11.9 Å². The van der Waals surface area contributed by atoms with Gasteiger partial charge in [0.1, 0.15) is 12.9 Å². The van der Waals surface area contributed by atoms with Crippen LogP contribution in [0.25, 0.3) is 0 Å². The highest BCUT2D eigenvalue weighted by atomic mass is 32.2. The molecule has 3 N–H and O–H groups in total. The predicted octanol–water partition coefficient (Wildman–Crippen LogP) is 2.88. The number of hydrogen-bond acceptors (Lipinski definition) is 7. The van der Waals surface area contributed by atoms with Gasteiger partial charge in [0, 0.05) is 36.1 Å². The summed E-state index contributed by atoms with van der Waals surface area (Å²) in [7, 11) is 0. The lowest BCUT2D eigenvalue weighted by atomic mass is 9.87. The first-order valence-corrected chi connectivity index (χ1v) is 11.4. The molecular formula is C23H27N5O2S. The monoisotopic (exact) mass is 437 g/mol. The molecule has 2 fully saturated rings. The van der Waals surface area contributed by atoms with Crippen molar-refractivity contribution in [3.63, 3.8) is 0 Å². The highest BCUT2D eigenvalue weighted by molar-refractivity contribution is 7.97. The summed E-state index contributed by atoms with van der Waals surface area (Å²) < 4.78 is 7.64. The maximum absolute atomic E-state index is 11.7. The van der Waals surface area contributed by atoms with Crippen LogP contribution < -0.4 is 10.9 Å². The van der Waals surface area contributed by atoms with E-state index in [1.807, 2.05) is 31.0 Å². The number of nitrogens with two attached hydrogens (primary N) is 1. The van der Waals surface area contributed by atoms with Crippen LogP contribution in [0.4, 0.5) is 5.69 Å². The van der Waals surface area contributed by atoms with Gasteiger partial charge in [-0.25, -0.2) is 14.9 Å². The lowest BCUT2D eigenvalue weighted by molar-refractivity contribution is -0.0724. The van der Waals surface area contributed by atoms with E-state index in [-0.39, 0.29) is 5.97 Å². The molecule has 0 aliphatic carbocycles. The quantitative estimate of drug-likeness (QED) is 0.172. The third-order valence-corrected chi connectivity index (χ3v) is 7.95. The van der Waals surface area contributed by atoms with Crippen LogP contribution in [0.15, 0.2) is 35.2 Å². The van der Waals surface area contributed by atoms with Crippen molar-refractivity contribution in [2.45, 2.75) is 43.9 Å². The van der Waals surface area contributed by atoms with Gasteiger partial charge in [0.2, 0.25) is 0 Å². The summed E-state index contributed by atoms with van der Waals surface area (Å²) in [4.78, 5) is 15.5. The first-order valence-electron chi connectivity index (χ1n) is 10.6. The third kappa shape index (κ3) is 3.53. The van der Waals surface area contributed by atoms with Crippen LogP contribution in [-0.2, 0) is 17.8 Å². The summed E-state index contributed by atoms with van der Waals surface area (Å²) in [6.45, 7) is 7.78. The molecule has 2 aromatic carbocycles. The van der Waals surface area contributed by atoms with Crippen molar-refractivity contribution in [3.05, 3.63) is 58.1 Å². The van der Waals surface area contributed by atoms with Gasteiger partial charge >= 0.3 is 5.97 Å². The van der Waals surface area contributed by atoms with E-state index in [0.717, 1.165) is 54.8 Å². The van der Waals surface area contributed by atoms with E-state index >= 15 is 0 Å². The predicted molar refractivity (Wildman–Crippen MR) is 122 cm³/mol. The highest BCUT2D eigenvalue weighted by Crippen LogP contribution is 2.41. The van der Waals surface area contributed by atoms with Crippen LogP contribution in [0, 0.1) is 19.3 Å². The molecule has 3 heterocycles. The van der Waals surface area contributed by atoms with Crippen LogP contribution in [-0.4, -0.2) is 53.2 Å². The number of rotatable bonds is 7. The number of anilines is 1. The number of aryl methyl sites for hydroxylation is 1. The van der Waals surface area contributed by atoms with Crippen molar-refractivity contribution in [1.82, 2.24) is 9.21 Å². The summed E-state index contributed by atoms with van der Waals surface area (Å²) in [6.07, 6.45) is 2.13. The number of nitrogens with zero attached hydrogens (tertiary/aromatic N) is 3. The number of benzene rings is 2. The molecule has 0 spiro atoms. The standard InChI is InChI=1S/C23H27N5O2S/c1-14-9-17(4-6-20(14)27(25)13-24)31-28-11-21-22(28)10-26(21)8-7-16-3-5-18-19(15(16)2)12-30-23(18)29/h3-6,9,13,21-22,24H,7-8,10-12,25H2,1-2H3. The summed E-state index contributed by atoms with van der Waals surface area (Å²) >= 11 is 1.81. The minimum Gasteiger partial charge on any atom is -0.457 e. The van der Waals surface area contributed by atoms with E-state index in [1.165, 1.54) is 21.0 Å². The smallest absolute Gasteiger partial charge is 0.338 e. The Hall–Kier alpha value is -2.39. The molecule has 2 aromatic rings. The molecule has 7 nitrogen and oxygen atoms in total. The molecule has 0 amide bonds. The zero-order valence-corrected chi connectivity index (χ0v) is 18.6. The van der Waals surface area contributed by atoms with Gasteiger partial charge in [0.25, 0.3) is 0 Å². The fourth-order valence-electron chi connectivity index (χ4n) is 4.78. The fraction of sp³-hybridized carbons (Fsp3) is 0.391. The second-order valence-corrected chi connectivity index (χ2v) is 9.63. The molecule has 8 heteroatoms. The first kappa shape index (κ1) is 20.5. The van der Waals surface area contributed by atoms with Crippen LogP contribution in [0.3, 0.4) is 0 Å². The van der Waals surface area contributed by atoms with Gasteiger partial charge in [-0.15, -0.1) is 0 Å². The van der Waals surface area contributed by atoms with Crippen LogP contribution in [0.5, 0.6) is 0 Å².